The Labute approximate surface area is 88.3 Å². The fourth-order valence-electron chi connectivity index (χ4n) is 0.996. The van der Waals surface area contributed by atoms with Crippen LogP contribution < -0.4 is 0 Å². The first-order valence-corrected chi connectivity index (χ1v) is 4.59. The molecule has 1 rings (SSSR count). The summed E-state index contributed by atoms with van der Waals surface area (Å²) in [4.78, 5) is 21.6. The number of carbonyl (C=O) groups excluding carboxylic acids is 2. The smallest absolute Gasteiger partial charge is 0.160 e. The van der Waals surface area contributed by atoms with Crippen LogP contribution in [0.5, 0.6) is 0 Å². The average molecular weight is 292 g/mol. The van der Waals surface area contributed by atoms with Gasteiger partial charge in [0.25, 0.3) is 0 Å². The third-order valence-electron chi connectivity index (χ3n) is 1.59. The van der Waals surface area contributed by atoms with Crippen LogP contribution in [0.15, 0.2) is 12.1 Å². The minimum absolute atomic E-state index is 0.138. The van der Waals surface area contributed by atoms with Crippen LogP contribution in [0, 0.1) is 9.39 Å². The van der Waals surface area contributed by atoms with Crippen LogP contribution in [-0.4, -0.2) is 12.1 Å². The molecule has 0 N–H and O–H groups in total. The van der Waals surface area contributed by atoms with Crippen LogP contribution >= 0.6 is 22.6 Å². The topological polar surface area (TPSA) is 34.1 Å². The number of aldehydes is 1. The molecule has 0 aromatic heterocycles. The Morgan fingerprint density at radius 3 is 2.62 bits per heavy atom. The van der Waals surface area contributed by atoms with E-state index in [4.69, 9.17) is 0 Å². The lowest BCUT2D eigenvalue weighted by molar-refractivity contribution is 0.100. The molecule has 0 fully saturated rings. The van der Waals surface area contributed by atoms with Gasteiger partial charge in [-0.05, 0) is 41.6 Å². The number of hydrogen-bond acceptors (Lipinski definition) is 2. The minimum Gasteiger partial charge on any atom is -0.298 e. The van der Waals surface area contributed by atoms with E-state index >= 15 is 0 Å². The van der Waals surface area contributed by atoms with Crippen molar-refractivity contribution >= 4 is 34.7 Å². The predicted molar refractivity (Wildman–Crippen MR) is 54.5 cm³/mol. The SMILES string of the molecule is CC(=O)c1cc(F)cc(I)c1C=O. The lowest BCUT2D eigenvalue weighted by Gasteiger charge is -2.02. The molecule has 1 aromatic rings. The highest BCUT2D eigenvalue weighted by atomic mass is 127. The monoisotopic (exact) mass is 292 g/mol. The number of carbonyl (C=O) groups is 2. The first kappa shape index (κ1) is 10.3. The number of rotatable bonds is 2. The molecule has 0 saturated carbocycles. The van der Waals surface area contributed by atoms with E-state index in [0.717, 1.165) is 6.07 Å². The molecule has 0 unspecified atom stereocenters. The summed E-state index contributed by atoms with van der Waals surface area (Å²) in [6.45, 7) is 1.30. The van der Waals surface area contributed by atoms with Gasteiger partial charge in [0.2, 0.25) is 0 Å². The highest BCUT2D eigenvalue weighted by Crippen LogP contribution is 2.17. The van der Waals surface area contributed by atoms with Gasteiger partial charge in [-0.2, -0.15) is 0 Å². The molecule has 0 atom stereocenters. The van der Waals surface area contributed by atoms with E-state index in [9.17, 15) is 14.0 Å². The molecule has 0 amide bonds. The van der Waals surface area contributed by atoms with Crippen molar-refractivity contribution in [3.05, 3.63) is 32.6 Å². The number of Topliss-reactive ketones (excluding diaryl/α,β-unsaturated/α-hetero) is 1. The summed E-state index contributed by atoms with van der Waals surface area (Å²) in [7, 11) is 0. The normalized spacial score (nSPS) is 9.77. The quantitative estimate of drug-likeness (QED) is 0.476. The van der Waals surface area contributed by atoms with Gasteiger partial charge in [-0.3, -0.25) is 9.59 Å². The second-order valence-corrected chi connectivity index (χ2v) is 3.69. The van der Waals surface area contributed by atoms with Gasteiger partial charge in [0.05, 0.1) is 0 Å². The maximum atomic E-state index is 12.8. The molecule has 0 spiro atoms. The summed E-state index contributed by atoms with van der Waals surface area (Å²) in [5.41, 5.74) is 0.397. The van der Waals surface area contributed by atoms with Gasteiger partial charge in [-0.1, -0.05) is 0 Å². The van der Waals surface area contributed by atoms with E-state index in [1.807, 2.05) is 22.6 Å². The molecule has 4 heteroatoms. The summed E-state index contributed by atoms with van der Waals surface area (Å²) in [6, 6.07) is 2.30. The van der Waals surface area contributed by atoms with Crippen molar-refractivity contribution in [2.45, 2.75) is 6.92 Å². The fourth-order valence-corrected chi connectivity index (χ4v) is 1.71. The Kier molecular flexibility index (Phi) is 3.13. The minimum atomic E-state index is -0.500. The highest BCUT2D eigenvalue weighted by molar-refractivity contribution is 14.1. The summed E-state index contributed by atoms with van der Waals surface area (Å²) >= 11 is 1.82. The molecule has 0 bridgehead atoms. The third-order valence-corrected chi connectivity index (χ3v) is 2.48. The Morgan fingerprint density at radius 1 is 1.54 bits per heavy atom. The van der Waals surface area contributed by atoms with Gasteiger partial charge in [-0.25, -0.2) is 4.39 Å². The van der Waals surface area contributed by atoms with E-state index in [0.29, 0.717) is 9.86 Å². The van der Waals surface area contributed by atoms with Crippen LogP contribution in [-0.2, 0) is 0 Å². The number of hydrogen-bond donors (Lipinski definition) is 0. The van der Waals surface area contributed by atoms with Gasteiger partial charge < -0.3 is 0 Å². The first-order valence-electron chi connectivity index (χ1n) is 3.51. The zero-order valence-electron chi connectivity index (χ0n) is 6.80. The molecule has 0 heterocycles. The molecule has 0 saturated heterocycles. The summed E-state index contributed by atoms with van der Waals surface area (Å²) < 4.78 is 13.3. The summed E-state index contributed by atoms with van der Waals surface area (Å²) in [5, 5.41) is 0. The van der Waals surface area contributed by atoms with Crippen molar-refractivity contribution < 1.29 is 14.0 Å². The van der Waals surface area contributed by atoms with Crippen molar-refractivity contribution in [1.29, 1.82) is 0 Å². The highest BCUT2D eigenvalue weighted by Gasteiger charge is 2.11. The maximum Gasteiger partial charge on any atom is 0.160 e. The standard InChI is InChI=1S/C9H6FIO2/c1-5(13)7-2-6(10)3-9(11)8(7)4-12/h2-4H,1H3. The molecule has 0 aliphatic carbocycles. The van der Waals surface area contributed by atoms with Crippen molar-refractivity contribution in [2.75, 3.05) is 0 Å². The lowest BCUT2D eigenvalue weighted by atomic mass is 10.1. The van der Waals surface area contributed by atoms with E-state index in [-0.39, 0.29) is 16.9 Å². The first-order chi connectivity index (χ1) is 6.06. The second kappa shape index (κ2) is 3.95. The van der Waals surface area contributed by atoms with Crippen LogP contribution in [0.2, 0.25) is 0 Å². The van der Waals surface area contributed by atoms with Crippen molar-refractivity contribution in [3.8, 4) is 0 Å². The molecule has 1 aromatic carbocycles. The van der Waals surface area contributed by atoms with Crippen molar-refractivity contribution in [3.63, 3.8) is 0 Å². The summed E-state index contributed by atoms with van der Waals surface area (Å²) in [5.74, 6) is -0.806. The molecular weight excluding hydrogens is 286 g/mol. The van der Waals surface area contributed by atoms with Gasteiger partial charge in [-0.15, -0.1) is 0 Å². The van der Waals surface area contributed by atoms with Crippen LogP contribution in [0.25, 0.3) is 0 Å². The Hall–Kier alpha value is -0.780. The molecular formula is C9H6FIO2. The fraction of sp³-hybridized carbons (Fsp3) is 0.111. The third kappa shape index (κ3) is 2.12. The predicted octanol–water partition coefficient (Wildman–Crippen LogP) is 2.45. The summed E-state index contributed by atoms with van der Waals surface area (Å²) in [6.07, 6.45) is 0.567. The van der Waals surface area contributed by atoms with Crippen LogP contribution in [0.1, 0.15) is 27.6 Å². The average Bonchev–Trinajstić information content (AvgIpc) is 2.02. The van der Waals surface area contributed by atoms with Crippen LogP contribution in [0.4, 0.5) is 4.39 Å². The zero-order chi connectivity index (χ0) is 10.0. The largest absolute Gasteiger partial charge is 0.298 e. The zero-order valence-corrected chi connectivity index (χ0v) is 8.96. The Morgan fingerprint density at radius 2 is 2.15 bits per heavy atom. The number of ketones is 1. The van der Waals surface area contributed by atoms with Gasteiger partial charge in [0.1, 0.15) is 5.82 Å². The molecule has 0 aliphatic heterocycles. The Bertz CT molecular complexity index is 374. The molecule has 0 aliphatic rings. The van der Waals surface area contributed by atoms with Gasteiger partial charge in [0, 0.05) is 14.7 Å². The van der Waals surface area contributed by atoms with Gasteiger partial charge >= 0.3 is 0 Å². The van der Waals surface area contributed by atoms with E-state index in [1.165, 1.54) is 13.0 Å². The maximum absolute atomic E-state index is 12.8. The molecule has 2 nitrogen and oxygen atoms in total. The van der Waals surface area contributed by atoms with Gasteiger partial charge in [0.15, 0.2) is 12.1 Å². The Balaban J connectivity index is 3.46. The van der Waals surface area contributed by atoms with E-state index in [2.05, 4.69) is 0 Å². The van der Waals surface area contributed by atoms with E-state index in [1.54, 1.807) is 0 Å². The van der Waals surface area contributed by atoms with Crippen molar-refractivity contribution in [2.24, 2.45) is 0 Å². The van der Waals surface area contributed by atoms with Crippen molar-refractivity contribution in [1.82, 2.24) is 0 Å². The molecule has 13 heavy (non-hydrogen) atoms. The van der Waals surface area contributed by atoms with E-state index < -0.39 is 5.82 Å². The molecule has 68 valence electrons. The number of benzene rings is 1. The molecule has 0 radical (unpaired) electrons. The lowest BCUT2D eigenvalue weighted by Crippen LogP contribution is -2.02. The van der Waals surface area contributed by atoms with Crippen LogP contribution in [0.3, 0.4) is 0 Å². The second-order valence-electron chi connectivity index (χ2n) is 2.52. The number of halogens is 2.